The number of nitrogens with one attached hydrogen (secondary N) is 7. The maximum Gasteiger partial charge on any atom is 0.373 e. The molecule has 1 fully saturated rings. The van der Waals surface area contributed by atoms with E-state index in [9.17, 15) is 98.1 Å². The van der Waals surface area contributed by atoms with Gasteiger partial charge in [-0.1, -0.05) is 69.2 Å². The Hall–Kier alpha value is -10.0. The van der Waals surface area contributed by atoms with Gasteiger partial charge in [0.25, 0.3) is 0 Å². The van der Waals surface area contributed by atoms with Gasteiger partial charge in [0.15, 0.2) is 0 Å². The zero-order valence-corrected chi connectivity index (χ0v) is 60.1. The second-order valence-corrected chi connectivity index (χ2v) is 25.8. The number of nitrogens with zero attached hydrogens (tertiary/aromatic N) is 7. The molecule has 6 amide bonds. The van der Waals surface area contributed by atoms with Crippen LogP contribution in [0.3, 0.4) is 0 Å². The van der Waals surface area contributed by atoms with Crippen molar-refractivity contribution in [1.29, 1.82) is 0 Å². The summed E-state index contributed by atoms with van der Waals surface area (Å²) in [5.74, 6) is -9.93. The average Bonchev–Trinajstić information content (AvgIpc) is 0.849. The molecule has 1 aromatic carbocycles. The van der Waals surface area contributed by atoms with E-state index in [0.29, 0.717) is 121 Å². The first-order valence-corrected chi connectivity index (χ1v) is 35.6. The van der Waals surface area contributed by atoms with Crippen LogP contribution >= 0.6 is 0 Å². The molecular weight excluding hydrogens is 1400 g/mol. The molecule has 0 saturated carbocycles. The van der Waals surface area contributed by atoms with Crippen LogP contribution in [0.2, 0.25) is 0 Å². The lowest BCUT2D eigenvalue weighted by Gasteiger charge is -2.37. The number of anilines is 1. The number of rotatable bonds is 52. The van der Waals surface area contributed by atoms with E-state index in [0.717, 1.165) is 68.9 Å². The van der Waals surface area contributed by atoms with Gasteiger partial charge in [-0.15, -0.1) is 0 Å². The number of aliphatic carboxylic acids is 9. The van der Waals surface area contributed by atoms with Gasteiger partial charge in [0.2, 0.25) is 17.8 Å². The molecule has 106 heavy (non-hydrogen) atoms. The fourth-order valence-corrected chi connectivity index (χ4v) is 11.4. The second-order valence-electron chi connectivity index (χ2n) is 25.8. The van der Waals surface area contributed by atoms with Crippen LogP contribution in [0.5, 0.6) is 0 Å². The van der Waals surface area contributed by atoms with Crippen molar-refractivity contribution in [2.24, 2.45) is 0 Å². The molecule has 38 nitrogen and oxygen atoms in total. The summed E-state index contributed by atoms with van der Waals surface area (Å²) in [6.07, 6.45) is 10.8. The van der Waals surface area contributed by atoms with Gasteiger partial charge in [-0.2, -0.15) is 19.6 Å². The minimum absolute atomic E-state index is 0.000384. The Morgan fingerprint density at radius 2 is 0.821 bits per heavy atom. The summed E-state index contributed by atoms with van der Waals surface area (Å²) in [6, 6.07) is -0.241. The molecule has 0 spiro atoms. The standard InChI is InChI=1S/C67H106N14O22.CO2/c1-78-33-34-79(42-58(88)89)35-36-80(43-59(90)91)37-38-81(44-60(92)93)47(41-78)39-45-22-24-46(25-23-45)40-53-75-52(19-9-5-2-3-6-10-20-54(82)68-30-15-12-17-48(61(94)95)71-66(102)73-50(63(98)99)26-28-56(84)85)76-65(77-53)70-32-14-8-4-7-11-21-55(83)69-31-16-13-18-49(62(96)97)72-67(103)74-51(64(100)101)27-29-57(86)87;2-1-3/h22-25,47-51H,2-21,26-44H2,1H3,(H,68,82)(H,69,83)(H,84,85)(H,86,87)(H,88,89)(H,90,91)(H,92,93)(H,94,95)(H,96,97)(H,98,99)(H,100,101)(H2,71,73,102)(H2,72,74,103)(H,70,75,76,77);/t47?,48-,49-,50-,51-;/m0./s1. The van der Waals surface area contributed by atoms with Crippen LogP contribution in [0.1, 0.15) is 170 Å². The summed E-state index contributed by atoms with van der Waals surface area (Å²) < 4.78 is 0. The van der Waals surface area contributed by atoms with E-state index in [4.69, 9.17) is 34.8 Å². The van der Waals surface area contributed by atoms with Crippen LogP contribution in [0.25, 0.3) is 0 Å². The fraction of sp³-hybridized carbons (Fsp3) is 0.662. The maximum absolute atomic E-state index is 12.6. The third-order valence-electron chi connectivity index (χ3n) is 17.0. The number of benzene rings is 1. The van der Waals surface area contributed by atoms with Crippen molar-refractivity contribution in [2.75, 3.05) is 97.4 Å². The van der Waals surface area contributed by atoms with E-state index >= 15 is 0 Å². The van der Waals surface area contributed by atoms with Crippen molar-refractivity contribution in [2.45, 2.75) is 197 Å². The van der Waals surface area contributed by atoms with Gasteiger partial charge in [0, 0.05) is 110 Å². The smallest absolute Gasteiger partial charge is 0.373 e. The predicted octanol–water partition coefficient (Wildman–Crippen LogP) is 1.63. The highest BCUT2D eigenvalue weighted by atomic mass is 16.4. The number of hydrogen-bond donors (Lipinski definition) is 16. The Kier molecular flexibility index (Phi) is 46.6. The molecule has 1 aliphatic heterocycles. The van der Waals surface area contributed by atoms with Gasteiger partial charge in [-0.05, 0) is 102 Å². The van der Waals surface area contributed by atoms with Crippen LogP contribution < -0.4 is 37.2 Å². The number of amides is 6. The number of carboxylic acid groups (broad SMARTS) is 9. The number of likely N-dealkylation sites (N-methyl/N-ethyl adjacent to an activating group) is 1. The van der Waals surface area contributed by atoms with E-state index in [1.165, 1.54) is 0 Å². The number of hydrogen-bond acceptors (Lipinski definition) is 23. The van der Waals surface area contributed by atoms with Crippen LogP contribution in [-0.2, 0) is 81.6 Å². The molecule has 0 aliphatic carbocycles. The van der Waals surface area contributed by atoms with E-state index < -0.39 is 116 Å². The molecule has 1 aliphatic rings. The molecule has 3 rings (SSSR count). The third kappa shape index (κ3) is 44.6. The van der Waals surface area contributed by atoms with E-state index in [1.807, 2.05) is 36.2 Å². The number of unbranched alkanes of at least 4 members (excludes halogenated alkanes) is 11. The third-order valence-corrected chi connectivity index (χ3v) is 17.0. The minimum Gasteiger partial charge on any atom is -0.481 e. The normalized spacial score (nSPS) is 14.9. The lowest BCUT2D eigenvalue weighted by Crippen LogP contribution is -2.52. The summed E-state index contributed by atoms with van der Waals surface area (Å²) >= 11 is 0. The van der Waals surface area contributed by atoms with Crippen LogP contribution in [0.15, 0.2) is 24.3 Å². The highest BCUT2D eigenvalue weighted by molar-refractivity contribution is 5.87. The zero-order chi connectivity index (χ0) is 78.8. The minimum atomic E-state index is -1.53. The summed E-state index contributed by atoms with van der Waals surface area (Å²) in [5.41, 5.74) is 1.85. The lowest BCUT2D eigenvalue weighted by molar-refractivity contribution is -0.192. The number of urea groups is 2. The van der Waals surface area contributed by atoms with Gasteiger partial charge >= 0.3 is 71.9 Å². The van der Waals surface area contributed by atoms with Crippen molar-refractivity contribution < 1.29 is 118 Å². The summed E-state index contributed by atoms with van der Waals surface area (Å²) in [5, 5.41) is 102. The molecule has 38 heteroatoms. The van der Waals surface area contributed by atoms with Crippen molar-refractivity contribution in [3.8, 4) is 0 Å². The summed E-state index contributed by atoms with van der Waals surface area (Å²) in [4.78, 5) is 192. The average molecular weight is 1500 g/mol. The van der Waals surface area contributed by atoms with Crippen molar-refractivity contribution in [1.82, 2.24) is 66.5 Å². The molecule has 0 bridgehead atoms. The molecule has 1 unspecified atom stereocenters. The van der Waals surface area contributed by atoms with Crippen LogP contribution in [0, 0.1) is 0 Å². The Morgan fingerprint density at radius 1 is 0.434 bits per heavy atom. The first kappa shape index (κ1) is 92.0. The lowest BCUT2D eigenvalue weighted by atomic mass is 10.0. The van der Waals surface area contributed by atoms with Crippen molar-refractivity contribution in [3.63, 3.8) is 0 Å². The van der Waals surface area contributed by atoms with Crippen LogP contribution in [-0.4, -0.2) is 287 Å². The maximum atomic E-state index is 12.6. The Labute approximate surface area is 613 Å². The van der Waals surface area contributed by atoms with E-state index in [1.54, 1.807) is 9.80 Å². The largest absolute Gasteiger partial charge is 0.481 e. The number of aryl methyl sites for hydroxylation is 1. The summed E-state index contributed by atoms with van der Waals surface area (Å²) in [6.45, 7) is 2.86. The van der Waals surface area contributed by atoms with Gasteiger partial charge < -0.3 is 88.1 Å². The molecule has 1 saturated heterocycles. The molecule has 0 radical (unpaired) electrons. The SMILES string of the molecule is CN1CCN(CC(=O)O)CCN(CC(=O)O)CCN(CC(=O)O)C(Cc2ccc(Cc3nc(CCCCCCCCC(=O)NCCCC[C@H](NC(=O)N[C@@H](CCC(=O)O)C(=O)O)C(=O)O)nc(NCCCCCCCC(=O)NCCCC[C@H](NC(=O)N[C@@H](CCC(=O)O)C(=O)O)C(=O)O)n3)cc2)C1.O=C=O. The Balaban J connectivity index is 0.0000125. The fourth-order valence-electron chi connectivity index (χ4n) is 11.4. The predicted molar refractivity (Wildman–Crippen MR) is 375 cm³/mol. The molecular formula is C68H106N14O24. The highest BCUT2D eigenvalue weighted by Gasteiger charge is 2.29. The second kappa shape index (κ2) is 53.7. The Morgan fingerprint density at radius 3 is 1.26 bits per heavy atom. The van der Waals surface area contributed by atoms with Gasteiger partial charge in [-0.3, -0.25) is 48.3 Å². The first-order valence-electron chi connectivity index (χ1n) is 35.6. The molecule has 5 atom stereocenters. The quantitative estimate of drug-likeness (QED) is 0.0419. The number of carboxylic acids is 9. The number of carbonyl (C=O) groups excluding carboxylic acids is 6. The first-order chi connectivity index (χ1) is 50.5. The topological polar surface area (TPSA) is 574 Å². The molecule has 2 heterocycles. The van der Waals surface area contributed by atoms with Crippen molar-refractivity contribution >= 4 is 89.7 Å². The van der Waals surface area contributed by atoms with E-state index in [-0.39, 0.29) is 89.2 Å². The van der Waals surface area contributed by atoms with Gasteiger partial charge in [0.1, 0.15) is 35.8 Å². The zero-order valence-electron chi connectivity index (χ0n) is 60.1. The van der Waals surface area contributed by atoms with Gasteiger partial charge in [-0.25, -0.2) is 33.8 Å². The van der Waals surface area contributed by atoms with Gasteiger partial charge in [0.05, 0.1) is 19.6 Å². The highest BCUT2D eigenvalue weighted by Crippen LogP contribution is 2.18. The number of aromatic nitrogens is 3. The Bertz CT molecular complexity index is 3020. The molecule has 592 valence electrons. The van der Waals surface area contributed by atoms with Crippen LogP contribution in [0.4, 0.5) is 15.5 Å². The van der Waals surface area contributed by atoms with Crippen molar-refractivity contribution in [3.05, 3.63) is 47.0 Å². The molecule has 2 aromatic rings. The number of carbonyl (C=O) groups is 13. The molecule has 1 aromatic heterocycles. The van der Waals surface area contributed by atoms with E-state index in [2.05, 4.69) is 42.1 Å². The summed E-state index contributed by atoms with van der Waals surface area (Å²) in [7, 11) is 1.91. The molecule has 16 N–H and O–H groups in total. The monoisotopic (exact) mass is 1500 g/mol.